The third kappa shape index (κ3) is 3.82. The number of nitriles is 1. The standard InChI is InChI=1S/C19H15FN6O/c1-26-11-15(10-23-26)24-17-7-14(6-5-12(17)8-21)25-19(27)16-4-2-3-13(9-22)18(16)20/h2-8,10-11,21,24H,1H3,(H,25,27). The summed E-state index contributed by atoms with van der Waals surface area (Å²) in [6.45, 7) is 0. The molecule has 1 heterocycles. The molecular weight excluding hydrogens is 347 g/mol. The van der Waals surface area contributed by atoms with Gasteiger partial charge in [-0.05, 0) is 30.3 Å². The highest BCUT2D eigenvalue weighted by atomic mass is 19.1. The van der Waals surface area contributed by atoms with E-state index in [1.165, 1.54) is 24.4 Å². The molecule has 1 amide bonds. The van der Waals surface area contributed by atoms with Crippen LogP contribution in [0.15, 0.2) is 48.8 Å². The Balaban J connectivity index is 1.87. The van der Waals surface area contributed by atoms with Crippen LogP contribution in [0.4, 0.5) is 21.5 Å². The second kappa shape index (κ2) is 7.49. The summed E-state index contributed by atoms with van der Waals surface area (Å²) in [5.41, 5.74) is 1.92. The molecule has 0 radical (unpaired) electrons. The lowest BCUT2D eigenvalue weighted by Gasteiger charge is -2.12. The van der Waals surface area contributed by atoms with Gasteiger partial charge in [0.25, 0.3) is 5.91 Å². The van der Waals surface area contributed by atoms with Crippen LogP contribution < -0.4 is 10.6 Å². The topological polar surface area (TPSA) is 107 Å². The van der Waals surface area contributed by atoms with E-state index in [4.69, 9.17) is 10.7 Å². The molecule has 0 aliphatic rings. The van der Waals surface area contributed by atoms with Gasteiger partial charge in [-0.2, -0.15) is 10.4 Å². The molecule has 1 aromatic heterocycles. The normalized spacial score (nSPS) is 10.1. The molecule has 0 aliphatic heterocycles. The first-order valence-electron chi connectivity index (χ1n) is 7.92. The number of halogens is 1. The predicted octanol–water partition coefficient (Wildman–Crippen LogP) is 3.42. The molecule has 7 nitrogen and oxygen atoms in total. The van der Waals surface area contributed by atoms with Crippen molar-refractivity contribution in [1.82, 2.24) is 9.78 Å². The van der Waals surface area contributed by atoms with Gasteiger partial charge in [-0.15, -0.1) is 0 Å². The highest BCUT2D eigenvalue weighted by Gasteiger charge is 2.15. The van der Waals surface area contributed by atoms with Crippen molar-refractivity contribution in [1.29, 1.82) is 10.7 Å². The van der Waals surface area contributed by atoms with Crippen LogP contribution in [0, 0.1) is 22.6 Å². The zero-order valence-corrected chi connectivity index (χ0v) is 14.3. The lowest BCUT2D eigenvalue weighted by atomic mass is 10.1. The van der Waals surface area contributed by atoms with Crippen LogP contribution in [0.5, 0.6) is 0 Å². The SMILES string of the molecule is Cn1cc(Nc2cc(NC(=O)c3cccc(C#N)c3F)ccc2C=N)cn1. The second-order valence-corrected chi connectivity index (χ2v) is 5.71. The molecule has 0 spiro atoms. The van der Waals surface area contributed by atoms with E-state index in [1.54, 1.807) is 48.4 Å². The van der Waals surface area contributed by atoms with Gasteiger partial charge in [0.05, 0.1) is 23.0 Å². The maximum Gasteiger partial charge on any atom is 0.258 e. The number of aryl methyl sites for hydroxylation is 1. The summed E-state index contributed by atoms with van der Waals surface area (Å²) in [5.74, 6) is -1.53. The van der Waals surface area contributed by atoms with Gasteiger partial charge in [0.1, 0.15) is 6.07 Å². The van der Waals surface area contributed by atoms with Crippen molar-refractivity contribution in [3.8, 4) is 6.07 Å². The largest absolute Gasteiger partial charge is 0.352 e. The lowest BCUT2D eigenvalue weighted by Crippen LogP contribution is -2.14. The summed E-state index contributed by atoms with van der Waals surface area (Å²) in [7, 11) is 1.78. The Kier molecular flexibility index (Phi) is 4.95. The van der Waals surface area contributed by atoms with E-state index < -0.39 is 11.7 Å². The van der Waals surface area contributed by atoms with Gasteiger partial charge in [0.2, 0.25) is 0 Å². The van der Waals surface area contributed by atoms with Crippen molar-refractivity contribution < 1.29 is 9.18 Å². The molecule has 3 rings (SSSR count). The molecule has 3 N–H and O–H groups in total. The molecule has 3 aromatic rings. The number of rotatable bonds is 5. The molecule has 134 valence electrons. The number of carbonyl (C=O) groups excluding carboxylic acids is 1. The van der Waals surface area contributed by atoms with E-state index in [9.17, 15) is 9.18 Å². The average molecular weight is 362 g/mol. The quantitative estimate of drug-likeness (QED) is 0.605. The number of anilines is 3. The predicted molar refractivity (Wildman–Crippen MR) is 99.9 cm³/mol. The Bertz CT molecular complexity index is 1070. The Hall–Kier alpha value is -3.99. The van der Waals surface area contributed by atoms with Crippen LogP contribution >= 0.6 is 0 Å². The fourth-order valence-electron chi connectivity index (χ4n) is 2.50. The van der Waals surface area contributed by atoms with E-state index >= 15 is 0 Å². The first-order chi connectivity index (χ1) is 13.0. The minimum atomic E-state index is -0.859. The second-order valence-electron chi connectivity index (χ2n) is 5.71. The number of nitrogens with one attached hydrogen (secondary N) is 3. The molecule has 8 heteroatoms. The smallest absolute Gasteiger partial charge is 0.258 e. The zero-order valence-electron chi connectivity index (χ0n) is 14.3. The number of hydrogen-bond acceptors (Lipinski definition) is 5. The third-order valence-electron chi connectivity index (χ3n) is 3.81. The van der Waals surface area contributed by atoms with E-state index in [2.05, 4.69) is 15.7 Å². The summed E-state index contributed by atoms with van der Waals surface area (Å²) in [5, 5.41) is 26.2. The number of carbonyl (C=O) groups is 1. The van der Waals surface area contributed by atoms with E-state index in [0.717, 1.165) is 5.69 Å². The lowest BCUT2D eigenvalue weighted by molar-refractivity contribution is 0.102. The molecule has 27 heavy (non-hydrogen) atoms. The molecule has 2 aromatic carbocycles. The Morgan fingerprint density at radius 1 is 1.33 bits per heavy atom. The average Bonchev–Trinajstić information content (AvgIpc) is 3.07. The summed E-state index contributed by atoms with van der Waals surface area (Å²) < 4.78 is 15.8. The minimum absolute atomic E-state index is 0.194. The number of amides is 1. The van der Waals surface area contributed by atoms with Crippen molar-refractivity contribution in [3.63, 3.8) is 0 Å². The molecule has 0 unspecified atom stereocenters. The molecular formula is C19H15FN6O. The summed E-state index contributed by atoms with van der Waals surface area (Å²) in [6, 6.07) is 10.7. The number of hydrogen-bond donors (Lipinski definition) is 3. The summed E-state index contributed by atoms with van der Waals surface area (Å²) in [4.78, 5) is 12.4. The number of benzene rings is 2. The van der Waals surface area contributed by atoms with Gasteiger partial charge in [-0.25, -0.2) is 4.39 Å². The Morgan fingerprint density at radius 3 is 2.81 bits per heavy atom. The number of nitrogens with zero attached hydrogens (tertiary/aromatic N) is 3. The third-order valence-corrected chi connectivity index (χ3v) is 3.81. The van der Waals surface area contributed by atoms with Gasteiger partial charge in [0.15, 0.2) is 5.82 Å². The van der Waals surface area contributed by atoms with Crippen LogP contribution in [0.1, 0.15) is 21.5 Å². The molecule has 0 fully saturated rings. The van der Waals surface area contributed by atoms with Crippen LogP contribution in [-0.4, -0.2) is 21.9 Å². The van der Waals surface area contributed by atoms with Crippen molar-refractivity contribution in [3.05, 3.63) is 71.3 Å². The zero-order chi connectivity index (χ0) is 19.4. The fraction of sp³-hybridized carbons (Fsp3) is 0.0526. The molecule has 0 saturated carbocycles. The van der Waals surface area contributed by atoms with E-state index in [-0.39, 0.29) is 11.1 Å². The van der Waals surface area contributed by atoms with Gasteiger partial charge in [0, 0.05) is 36.4 Å². The summed E-state index contributed by atoms with van der Waals surface area (Å²) >= 11 is 0. The molecule has 0 atom stereocenters. The maximum absolute atomic E-state index is 14.2. The highest BCUT2D eigenvalue weighted by Crippen LogP contribution is 2.24. The Labute approximate surface area is 154 Å². The minimum Gasteiger partial charge on any atom is -0.352 e. The first kappa shape index (κ1) is 17.8. The van der Waals surface area contributed by atoms with Gasteiger partial charge in [-0.3, -0.25) is 9.48 Å². The van der Waals surface area contributed by atoms with Crippen LogP contribution in [0.2, 0.25) is 0 Å². The number of aromatic nitrogens is 2. The van der Waals surface area contributed by atoms with Crippen LogP contribution in [0.3, 0.4) is 0 Å². The first-order valence-corrected chi connectivity index (χ1v) is 7.92. The van der Waals surface area contributed by atoms with E-state index in [0.29, 0.717) is 16.9 Å². The molecule has 0 aliphatic carbocycles. The summed E-state index contributed by atoms with van der Waals surface area (Å²) in [6.07, 6.45) is 4.57. The van der Waals surface area contributed by atoms with Crippen molar-refractivity contribution in [2.24, 2.45) is 7.05 Å². The van der Waals surface area contributed by atoms with Gasteiger partial charge >= 0.3 is 0 Å². The fourth-order valence-corrected chi connectivity index (χ4v) is 2.50. The maximum atomic E-state index is 14.2. The van der Waals surface area contributed by atoms with Crippen molar-refractivity contribution in [2.45, 2.75) is 0 Å². The van der Waals surface area contributed by atoms with Gasteiger partial charge < -0.3 is 16.0 Å². The van der Waals surface area contributed by atoms with Gasteiger partial charge in [-0.1, -0.05) is 6.07 Å². The Morgan fingerprint density at radius 2 is 2.15 bits per heavy atom. The molecule has 0 bridgehead atoms. The van der Waals surface area contributed by atoms with Crippen LogP contribution in [-0.2, 0) is 7.05 Å². The van der Waals surface area contributed by atoms with Crippen LogP contribution in [0.25, 0.3) is 0 Å². The monoisotopic (exact) mass is 362 g/mol. The highest BCUT2D eigenvalue weighted by molar-refractivity contribution is 6.05. The van der Waals surface area contributed by atoms with Crippen molar-refractivity contribution >= 4 is 29.2 Å². The van der Waals surface area contributed by atoms with Crippen molar-refractivity contribution in [2.75, 3.05) is 10.6 Å². The molecule has 0 saturated heterocycles. The van der Waals surface area contributed by atoms with E-state index in [1.807, 2.05) is 0 Å².